The largest absolute Gasteiger partial charge is 0.573 e. The van der Waals surface area contributed by atoms with Crippen molar-refractivity contribution in [2.24, 2.45) is 17.8 Å². The van der Waals surface area contributed by atoms with Crippen LogP contribution in [0.15, 0.2) is 35.6 Å². The Bertz CT molecular complexity index is 965. The smallest absolute Gasteiger partial charge is 0.439 e. The Morgan fingerprint density at radius 1 is 1.00 bits per heavy atom. The van der Waals surface area contributed by atoms with Crippen LogP contribution in [0.4, 0.5) is 13.2 Å². The minimum atomic E-state index is -4.74. The minimum absolute atomic E-state index is 0.0931. The second kappa shape index (κ2) is 8.49. The molecule has 2 aliphatic heterocycles. The highest BCUT2D eigenvalue weighted by molar-refractivity contribution is 14.2. The standard InChI is InChI=1S/C24H26F3IO5/c25-24(26,27)32-20-4-2-1-3-18(20)21-19(22(33-28-21)14-5-6-14)13-29-17-11-15-7-8-16(12-17)23(15)30-9-10-31-23/h1-4,14-17H,5-13H2. The molecule has 3 aliphatic carbocycles. The summed E-state index contributed by atoms with van der Waals surface area (Å²) in [5.41, 5.74) is 1.40. The highest BCUT2D eigenvalue weighted by Gasteiger charge is 2.58. The molecule has 3 saturated carbocycles. The van der Waals surface area contributed by atoms with Crippen molar-refractivity contribution in [2.75, 3.05) is 19.8 Å². The van der Waals surface area contributed by atoms with Crippen LogP contribution in [0.2, 0.25) is 0 Å². The predicted molar refractivity (Wildman–Crippen MR) is 122 cm³/mol. The Hall–Kier alpha value is -1.17. The predicted octanol–water partition coefficient (Wildman–Crippen LogP) is 5.63. The third kappa shape index (κ3) is 4.23. The summed E-state index contributed by atoms with van der Waals surface area (Å²) in [4.78, 5) is 0. The summed E-state index contributed by atoms with van der Waals surface area (Å²) in [7, 11) is 0. The van der Waals surface area contributed by atoms with Gasteiger partial charge in [0.25, 0.3) is 0 Å². The van der Waals surface area contributed by atoms with Crippen LogP contribution in [0.5, 0.6) is 5.75 Å². The van der Waals surface area contributed by atoms with Crippen molar-refractivity contribution >= 4 is 24.7 Å². The molecule has 33 heavy (non-hydrogen) atoms. The average Bonchev–Trinajstić information content (AvgIpc) is 3.31. The van der Waals surface area contributed by atoms with Crippen LogP contribution in [0.3, 0.4) is 0 Å². The molecule has 1 spiro atoms. The summed E-state index contributed by atoms with van der Waals surface area (Å²) in [6, 6.07) is 6.35. The van der Waals surface area contributed by atoms with E-state index in [4.69, 9.17) is 17.3 Å². The monoisotopic (exact) mass is 578 g/mol. The van der Waals surface area contributed by atoms with Crippen LogP contribution in [-0.2, 0) is 17.3 Å². The van der Waals surface area contributed by atoms with E-state index in [1.165, 1.54) is 6.07 Å². The maximum atomic E-state index is 13.0. The molecule has 9 heteroatoms. The molecule has 5 nitrogen and oxygen atoms in total. The maximum absolute atomic E-state index is 13.0. The summed E-state index contributed by atoms with van der Waals surface area (Å²) in [5.74, 6) is 1.39. The summed E-state index contributed by atoms with van der Waals surface area (Å²) in [6.45, 7) is 1.68. The fraction of sp³-hybridized carbons (Fsp3) is 0.625. The first-order chi connectivity index (χ1) is 15.9. The number of hydrogen-bond acceptors (Lipinski definition) is 5. The number of hydrogen-bond donors (Lipinski definition) is 0. The minimum Gasteiger partial charge on any atom is -0.439 e. The Morgan fingerprint density at radius 2 is 1.70 bits per heavy atom. The van der Waals surface area contributed by atoms with Gasteiger partial charge in [0.2, 0.25) is 0 Å². The second-order valence-corrected chi connectivity index (χ2v) is 11.4. The molecule has 6 rings (SSSR count). The van der Waals surface area contributed by atoms with Gasteiger partial charge in [-0.15, -0.1) is 13.2 Å². The zero-order chi connectivity index (χ0) is 22.6. The lowest BCUT2D eigenvalue weighted by atomic mass is 9.81. The highest BCUT2D eigenvalue weighted by atomic mass is 127. The fourth-order valence-electron chi connectivity index (χ4n) is 5.82. The average molecular weight is 578 g/mol. The van der Waals surface area contributed by atoms with Gasteiger partial charge in [0.15, 0.2) is 5.79 Å². The van der Waals surface area contributed by atoms with Gasteiger partial charge in [0.05, 0.1) is 29.4 Å². The van der Waals surface area contributed by atoms with Gasteiger partial charge in [-0.3, -0.25) is 0 Å². The Balaban J connectivity index is 1.21. The molecule has 0 aromatic heterocycles. The molecule has 1 aromatic rings. The van der Waals surface area contributed by atoms with Gasteiger partial charge >= 0.3 is 6.36 Å². The Kier molecular flexibility index (Phi) is 5.74. The van der Waals surface area contributed by atoms with E-state index in [1.807, 2.05) is 0 Å². The molecule has 0 radical (unpaired) electrons. The molecule has 2 bridgehead atoms. The lowest BCUT2D eigenvalue weighted by Gasteiger charge is -2.41. The van der Waals surface area contributed by atoms with Crippen molar-refractivity contribution in [3.63, 3.8) is 0 Å². The number of rotatable bonds is 6. The fourth-order valence-corrected chi connectivity index (χ4v) is 8.28. The number of alkyl halides is 3. The van der Waals surface area contributed by atoms with Gasteiger partial charge < -0.3 is 22.0 Å². The molecule has 0 amide bonds. The lowest BCUT2D eigenvalue weighted by Crippen LogP contribution is -2.48. The molecule has 2 heterocycles. The molecular formula is C24H26F3IO5. The second-order valence-electron chi connectivity index (χ2n) is 9.42. The van der Waals surface area contributed by atoms with E-state index in [0.29, 0.717) is 43.1 Å². The van der Waals surface area contributed by atoms with E-state index in [1.54, 1.807) is 18.2 Å². The first-order valence-electron chi connectivity index (χ1n) is 11.6. The van der Waals surface area contributed by atoms with Gasteiger partial charge in [0, 0.05) is 28.9 Å². The van der Waals surface area contributed by atoms with E-state index in [2.05, 4.69) is 4.74 Å². The van der Waals surface area contributed by atoms with Crippen LogP contribution in [0, 0.1) is 17.8 Å². The summed E-state index contributed by atoms with van der Waals surface area (Å²) >= 11 is -0.910. The molecule has 1 aromatic carbocycles. The van der Waals surface area contributed by atoms with Crippen molar-refractivity contribution in [1.29, 1.82) is 0 Å². The third-order valence-corrected chi connectivity index (χ3v) is 9.72. The van der Waals surface area contributed by atoms with Crippen LogP contribution in [0.25, 0.3) is 0 Å². The van der Waals surface area contributed by atoms with E-state index in [0.717, 1.165) is 53.4 Å². The molecule has 5 aliphatic rings. The van der Waals surface area contributed by atoms with E-state index in [-0.39, 0.29) is 11.9 Å². The zero-order valence-corrected chi connectivity index (χ0v) is 20.2. The molecule has 180 valence electrons. The zero-order valence-electron chi connectivity index (χ0n) is 18.0. The Labute approximate surface area is 200 Å². The van der Waals surface area contributed by atoms with Crippen molar-refractivity contribution < 1.29 is 35.2 Å². The van der Waals surface area contributed by atoms with Crippen molar-refractivity contribution in [3.05, 3.63) is 41.2 Å². The van der Waals surface area contributed by atoms with Crippen molar-refractivity contribution in [1.82, 2.24) is 0 Å². The van der Waals surface area contributed by atoms with Crippen LogP contribution >= 0.6 is 21.1 Å². The van der Waals surface area contributed by atoms with Gasteiger partial charge in [-0.2, -0.15) is 0 Å². The van der Waals surface area contributed by atoms with Gasteiger partial charge in [-0.25, -0.2) is 0 Å². The van der Waals surface area contributed by atoms with E-state index in [9.17, 15) is 13.2 Å². The molecule has 0 N–H and O–H groups in total. The van der Waals surface area contributed by atoms with Crippen molar-refractivity contribution in [2.45, 2.75) is 56.8 Å². The molecular weight excluding hydrogens is 552 g/mol. The number of benzene rings is 1. The van der Waals surface area contributed by atoms with Crippen LogP contribution in [0.1, 0.15) is 44.1 Å². The summed E-state index contributed by atoms with van der Waals surface area (Å²) in [5, 5.41) is 0. The number of ether oxygens (including phenoxy) is 4. The Morgan fingerprint density at radius 3 is 2.36 bits per heavy atom. The molecule has 4 fully saturated rings. The first kappa shape index (κ1) is 22.3. The van der Waals surface area contributed by atoms with Gasteiger partial charge in [-0.1, -0.05) is 18.2 Å². The van der Waals surface area contributed by atoms with E-state index >= 15 is 0 Å². The number of allylic oxidation sites excluding steroid dienone is 1. The number of para-hydroxylation sites is 1. The van der Waals surface area contributed by atoms with Crippen LogP contribution in [-0.4, -0.2) is 41.6 Å². The normalized spacial score (nSPS) is 30.9. The number of halogens is 4. The molecule has 2 atom stereocenters. The third-order valence-electron chi connectivity index (χ3n) is 7.36. The van der Waals surface area contributed by atoms with Gasteiger partial charge in [0.1, 0.15) is 32.7 Å². The van der Waals surface area contributed by atoms with Crippen molar-refractivity contribution in [3.8, 4) is 5.75 Å². The topological polar surface area (TPSA) is 46.2 Å². The quantitative estimate of drug-likeness (QED) is 0.410. The molecule has 1 saturated heterocycles. The first-order valence-corrected chi connectivity index (χ1v) is 13.6. The SMILES string of the molecule is FC(F)(F)Oc1ccccc1C1=IOC(C2CC2)=C1COC1CC2CCC(C1)C21OCCO1. The molecule has 2 unspecified atom stereocenters. The highest BCUT2D eigenvalue weighted by Crippen LogP contribution is 2.54. The van der Waals surface area contributed by atoms with Crippen LogP contribution < -0.4 is 4.74 Å². The maximum Gasteiger partial charge on any atom is 0.573 e. The lowest BCUT2D eigenvalue weighted by molar-refractivity contribution is -0.274. The summed E-state index contributed by atoms with van der Waals surface area (Å²) < 4.78 is 68.9. The van der Waals surface area contributed by atoms with E-state index < -0.39 is 33.3 Å². The van der Waals surface area contributed by atoms with Gasteiger partial charge in [-0.05, 0) is 44.6 Å². The summed E-state index contributed by atoms with van der Waals surface area (Å²) in [6.07, 6.45) is 1.43.